The van der Waals surface area contributed by atoms with Crippen molar-refractivity contribution in [3.8, 4) is 0 Å². The van der Waals surface area contributed by atoms with Gasteiger partial charge in [-0.15, -0.1) is 0 Å². The van der Waals surface area contributed by atoms with E-state index in [2.05, 4.69) is 16.3 Å². The standard InChI is InChI=1S/C5H4NO/c1-2-4-6-7-5-3-1/h1-4H. The molecule has 0 amide bonds. The van der Waals surface area contributed by atoms with Crippen LogP contribution in [-0.4, -0.2) is 6.21 Å². The molecule has 1 radical (unpaired) electrons. The number of hydrogen-bond acceptors (Lipinski definition) is 2. The van der Waals surface area contributed by atoms with E-state index in [0.29, 0.717) is 0 Å². The number of nitrogens with zero attached hydrogens (tertiary/aromatic N) is 1. The minimum absolute atomic E-state index is 1.55. The molecule has 0 aromatic heterocycles. The number of allylic oxidation sites excluding steroid dienone is 3. The molecule has 0 aliphatic carbocycles. The van der Waals surface area contributed by atoms with Crippen molar-refractivity contribution in [3.05, 3.63) is 24.5 Å². The smallest absolute Gasteiger partial charge is 0.203 e. The van der Waals surface area contributed by atoms with E-state index in [1.165, 1.54) is 0 Å². The van der Waals surface area contributed by atoms with Crippen molar-refractivity contribution in [2.24, 2.45) is 5.16 Å². The molecule has 0 saturated heterocycles. The molecule has 0 bridgehead atoms. The lowest BCUT2D eigenvalue weighted by atomic mass is 10.5. The third-order valence-electron chi connectivity index (χ3n) is 0.528. The van der Waals surface area contributed by atoms with Crippen LogP contribution in [-0.2, 0) is 4.84 Å². The third-order valence-corrected chi connectivity index (χ3v) is 0.528. The van der Waals surface area contributed by atoms with Crippen LogP contribution in [0.5, 0.6) is 0 Å². The Hall–Kier alpha value is -1.05. The second-order valence-electron chi connectivity index (χ2n) is 1.02. The van der Waals surface area contributed by atoms with Crippen LogP contribution in [0.1, 0.15) is 0 Å². The summed E-state index contributed by atoms with van der Waals surface area (Å²) in [6.45, 7) is 0. The van der Waals surface area contributed by atoms with Crippen LogP contribution >= 0.6 is 0 Å². The zero-order valence-electron chi connectivity index (χ0n) is 3.66. The minimum Gasteiger partial charge on any atom is -0.353 e. The van der Waals surface area contributed by atoms with E-state index in [1.807, 2.05) is 0 Å². The van der Waals surface area contributed by atoms with Gasteiger partial charge in [0.2, 0.25) is 6.26 Å². The van der Waals surface area contributed by atoms with Crippen LogP contribution in [0, 0.1) is 6.26 Å². The SMILES string of the molecule is [C]1=CC=CC=NO1. The molecule has 35 valence electrons. The number of rotatable bonds is 0. The van der Waals surface area contributed by atoms with Crippen molar-refractivity contribution in [1.29, 1.82) is 0 Å². The van der Waals surface area contributed by atoms with Crippen LogP contribution in [0.4, 0.5) is 0 Å². The molecule has 1 heterocycles. The Balaban J connectivity index is 2.60. The molecule has 0 spiro atoms. The highest BCUT2D eigenvalue weighted by atomic mass is 16.6. The van der Waals surface area contributed by atoms with Crippen LogP contribution in [0.3, 0.4) is 0 Å². The van der Waals surface area contributed by atoms with Gasteiger partial charge in [0.05, 0.1) is 6.21 Å². The fourth-order valence-corrected chi connectivity index (χ4v) is 0.271. The highest BCUT2D eigenvalue weighted by molar-refractivity contribution is 5.70. The monoisotopic (exact) mass is 94.0 g/mol. The molecule has 2 nitrogen and oxygen atoms in total. The molecule has 0 saturated carbocycles. The second kappa shape index (κ2) is 2.18. The van der Waals surface area contributed by atoms with Gasteiger partial charge in [0.25, 0.3) is 0 Å². The predicted octanol–water partition coefficient (Wildman–Crippen LogP) is 0.875. The summed E-state index contributed by atoms with van der Waals surface area (Å²) < 4.78 is 0. The Morgan fingerprint density at radius 2 is 2.43 bits per heavy atom. The van der Waals surface area contributed by atoms with Crippen LogP contribution in [0.15, 0.2) is 23.4 Å². The predicted molar refractivity (Wildman–Crippen MR) is 26.5 cm³/mol. The largest absolute Gasteiger partial charge is 0.353 e. The molecular weight excluding hydrogens is 90.1 g/mol. The summed E-state index contributed by atoms with van der Waals surface area (Å²) in [7, 11) is 0. The van der Waals surface area contributed by atoms with Crippen LogP contribution < -0.4 is 0 Å². The summed E-state index contributed by atoms with van der Waals surface area (Å²) in [4.78, 5) is 4.40. The molecular formula is C5H4NO. The van der Waals surface area contributed by atoms with Crippen molar-refractivity contribution >= 4 is 6.21 Å². The summed E-state index contributed by atoms with van der Waals surface area (Å²) in [5.74, 6) is 0. The van der Waals surface area contributed by atoms with Gasteiger partial charge in [-0.1, -0.05) is 11.2 Å². The third kappa shape index (κ3) is 1.22. The van der Waals surface area contributed by atoms with Crippen molar-refractivity contribution in [2.75, 3.05) is 0 Å². The topological polar surface area (TPSA) is 21.6 Å². The van der Waals surface area contributed by atoms with Gasteiger partial charge >= 0.3 is 0 Å². The summed E-state index contributed by atoms with van der Waals surface area (Å²) in [6.07, 6.45) is 9.19. The molecule has 0 aromatic rings. The van der Waals surface area contributed by atoms with E-state index in [4.69, 9.17) is 0 Å². The van der Waals surface area contributed by atoms with Gasteiger partial charge in [-0.2, -0.15) is 0 Å². The maximum Gasteiger partial charge on any atom is 0.203 e. The summed E-state index contributed by atoms with van der Waals surface area (Å²) in [5.41, 5.74) is 0. The summed E-state index contributed by atoms with van der Waals surface area (Å²) in [5, 5.41) is 3.42. The molecule has 0 fully saturated rings. The van der Waals surface area contributed by atoms with Gasteiger partial charge in [-0.3, -0.25) is 0 Å². The Kier molecular flexibility index (Phi) is 1.28. The van der Waals surface area contributed by atoms with Gasteiger partial charge < -0.3 is 4.84 Å². The van der Waals surface area contributed by atoms with Crippen LogP contribution in [0.2, 0.25) is 0 Å². The van der Waals surface area contributed by atoms with Gasteiger partial charge in [0.1, 0.15) is 0 Å². The van der Waals surface area contributed by atoms with Gasteiger partial charge in [-0.05, 0) is 12.2 Å². The lowest BCUT2D eigenvalue weighted by molar-refractivity contribution is 0.249. The maximum absolute atomic E-state index is 4.40. The fourth-order valence-electron chi connectivity index (χ4n) is 0.271. The summed E-state index contributed by atoms with van der Waals surface area (Å²) >= 11 is 0. The van der Waals surface area contributed by atoms with Crippen molar-refractivity contribution < 1.29 is 4.84 Å². The first-order valence-electron chi connectivity index (χ1n) is 1.93. The fraction of sp³-hybridized carbons (Fsp3) is 0. The number of oxime groups is 1. The average Bonchev–Trinajstić information content (AvgIpc) is 1.90. The molecule has 0 aromatic carbocycles. The minimum atomic E-state index is 1.55. The van der Waals surface area contributed by atoms with Gasteiger partial charge in [-0.25, -0.2) is 0 Å². The van der Waals surface area contributed by atoms with E-state index in [-0.39, 0.29) is 0 Å². The zero-order chi connectivity index (χ0) is 4.95. The Morgan fingerprint density at radius 1 is 1.43 bits per heavy atom. The number of hydrogen-bond donors (Lipinski definition) is 0. The van der Waals surface area contributed by atoms with Crippen LogP contribution in [0.25, 0.3) is 0 Å². The quantitative estimate of drug-likeness (QED) is 0.436. The first kappa shape index (κ1) is 4.12. The van der Waals surface area contributed by atoms with Crippen molar-refractivity contribution in [1.82, 2.24) is 0 Å². The highest BCUT2D eigenvalue weighted by Crippen LogP contribution is 1.82. The first-order valence-corrected chi connectivity index (χ1v) is 1.93. The molecule has 0 N–H and O–H groups in total. The second-order valence-corrected chi connectivity index (χ2v) is 1.02. The lowest BCUT2D eigenvalue weighted by Crippen LogP contribution is -1.62. The molecule has 1 aliphatic rings. The highest BCUT2D eigenvalue weighted by Gasteiger charge is 1.72. The molecule has 7 heavy (non-hydrogen) atoms. The Bertz CT molecular complexity index is 110. The van der Waals surface area contributed by atoms with E-state index in [9.17, 15) is 0 Å². The summed E-state index contributed by atoms with van der Waals surface area (Å²) in [6, 6.07) is 0. The first-order chi connectivity index (χ1) is 3.50. The van der Waals surface area contributed by atoms with E-state index >= 15 is 0 Å². The van der Waals surface area contributed by atoms with E-state index in [0.717, 1.165) is 0 Å². The van der Waals surface area contributed by atoms with E-state index in [1.54, 1.807) is 24.4 Å². The average molecular weight is 94.1 g/mol. The van der Waals surface area contributed by atoms with Crippen molar-refractivity contribution in [3.63, 3.8) is 0 Å². The molecule has 1 aliphatic heterocycles. The zero-order valence-corrected chi connectivity index (χ0v) is 3.66. The van der Waals surface area contributed by atoms with E-state index < -0.39 is 0 Å². The van der Waals surface area contributed by atoms with Gasteiger partial charge in [0.15, 0.2) is 0 Å². The lowest BCUT2D eigenvalue weighted by Gasteiger charge is -1.75. The Labute approximate surface area is 41.8 Å². The Morgan fingerprint density at radius 3 is 3.43 bits per heavy atom. The molecule has 1 rings (SSSR count). The normalized spacial score (nSPS) is 16.0. The van der Waals surface area contributed by atoms with Gasteiger partial charge in [0, 0.05) is 0 Å². The maximum atomic E-state index is 4.40. The molecule has 2 heteroatoms. The molecule has 0 unspecified atom stereocenters. The van der Waals surface area contributed by atoms with Crippen molar-refractivity contribution in [2.45, 2.75) is 0 Å². The molecule has 0 atom stereocenters.